The summed E-state index contributed by atoms with van der Waals surface area (Å²) in [6.45, 7) is 3.44. The van der Waals surface area contributed by atoms with Gasteiger partial charge in [0.25, 0.3) is 0 Å². The monoisotopic (exact) mass is 348 g/mol. The molecule has 2 rings (SSSR count). The lowest BCUT2D eigenvalue weighted by Crippen LogP contribution is -2.55. The quantitative estimate of drug-likeness (QED) is 0.657. The Bertz CT molecular complexity index is 661. The highest BCUT2D eigenvalue weighted by molar-refractivity contribution is 6.02. The average molecular weight is 348 g/mol. The van der Waals surface area contributed by atoms with Gasteiger partial charge in [0, 0.05) is 12.3 Å². The minimum absolute atomic E-state index is 0.309. The van der Waals surface area contributed by atoms with E-state index in [1.54, 1.807) is 12.1 Å². The molecule has 1 aromatic rings. The van der Waals surface area contributed by atoms with E-state index in [-0.39, 0.29) is 6.42 Å². The van der Waals surface area contributed by atoms with E-state index in [1.165, 1.54) is 21.1 Å². The summed E-state index contributed by atoms with van der Waals surface area (Å²) >= 11 is 0. The Morgan fingerprint density at radius 2 is 1.72 bits per heavy atom. The predicted molar refractivity (Wildman–Crippen MR) is 89.8 cm³/mol. The number of Topliss-reactive ketones (excluding diaryl/α,β-unsaturated/α-hetero) is 1. The first-order valence-electron chi connectivity index (χ1n) is 8.26. The van der Waals surface area contributed by atoms with Crippen LogP contribution in [0.1, 0.15) is 37.3 Å². The zero-order chi connectivity index (χ0) is 18.8. The smallest absolute Gasteiger partial charge is 0.316 e. The van der Waals surface area contributed by atoms with Gasteiger partial charge in [-0.3, -0.25) is 14.4 Å². The molecule has 1 aliphatic rings. The number of rotatable bonds is 4. The molecule has 25 heavy (non-hydrogen) atoms. The van der Waals surface area contributed by atoms with Gasteiger partial charge < -0.3 is 14.6 Å². The van der Waals surface area contributed by atoms with Crippen molar-refractivity contribution in [3.8, 4) is 0 Å². The standard InChI is InChI=1S/C19H24O6/c1-5-11-6-8-12(9-7-11)14-15(17(21)24-3)13(20)10-19(2,23)16(14)18(22)25-4/h6-9,14-16,23H,5,10H2,1-4H3/t14-,15+,16-,19+/m0/s1. The van der Waals surface area contributed by atoms with Gasteiger partial charge in [-0.15, -0.1) is 0 Å². The topological polar surface area (TPSA) is 89.9 Å². The number of ketones is 1. The van der Waals surface area contributed by atoms with E-state index in [9.17, 15) is 19.5 Å². The summed E-state index contributed by atoms with van der Waals surface area (Å²) in [6.07, 6.45) is 0.526. The highest BCUT2D eigenvalue weighted by Gasteiger charge is 2.56. The molecule has 6 nitrogen and oxygen atoms in total. The van der Waals surface area contributed by atoms with Gasteiger partial charge in [-0.05, 0) is 24.5 Å². The van der Waals surface area contributed by atoms with Crippen molar-refractivity contribution >= 4 is 17.7 Å². The molecular weight excluding hydrogens is 324 g/mol. The number of hydrogen-bond acceptors (Lipinski definition) is 6. The van der Waals surface area contributed by atoms with Crippen LogP contribution in [0.5, 0.6) is 0 Å². The number of aliphatic hydroxyl groups is 1. The second-order valence-corrected chi connectivity index (χ2v) is 6.62. The van der Waals surface area contributed by atoms with Crippen molar-refractivity contribution in [3.63, 3.8) is 0 Å². The van der Waals surface area contributed by atoms with Crippen molar-refractivity contribution in [2.45, 2.75) is 38.2 Å². The Kier molecular flexibility index (Phi) is 5.62. The van der Waals surface area contributed by atoms with Crippen LogP contribution in [0.4, 0.5) is 0 Å². The van der Waals surface area contributed by atoms with E-state index >= 15 is 0 Å². The third-order valence-corrected chi connectivity index (χ3v) is 4.95. The molecule has 1 fully saturated rings. The molecule has 0 saturated heterocycles. The minimum atomic E-state index is -1.61. The van der Waals surface area contributed by atoms with Gasteiger partial charge in [0.15, 0.2) is 5.78 Å². The molecule has 0 unspecified atom stereocenters. The third-order valence-electron chi connectivity index (χ3n) is 4.95. The van der Waals surface area contributed by atoms with Gasteiger partial charge in [0.05, 0.1) is 25.7 Å². The van der Waals surface area contributed by atoms with Gasteiger partial charge >= 0.3 is 11.9 Å². The van der Waals surface area contributed by atoms with Crippen LogP contribution in [-0.4, -0.2) is 42.6 Å². The number of carbonyl (C=O) groups excluding carboxylic acids is 3. The number of methoxy groups -OCH3 is 2. The lowest BCUT2D eigenvalue weighted by atomic mass is 9.61. The lowest BCUT2D eigenvalue weighted by Gasteiger charge is -2.43. The Morgan fingerprint density at radius 3 is 2.20 bits per heavy atom. The largest absolute Gasteiger partial charge is 0.469 e. The first-order chi connectivity index (χ1) is 11.8. The number of carbonyl (C=O) groups is 3. The summed E-state index contributed by atoms with van der Waals surface area (Å²) < 4.78 is 9.65. The lowest BCUT2D eigenvalue weighted by molar-refractivity contribution is -0.170. The van der Waals surface area contributed by atoms with Gasteiger partial charge in [-0.1, -0.05) is 31.2 Å². The van der Waals surface area contributed by atoms with Crippen LogP contribution in [-0.2, 0) is 30.3 Å². The Labute approximate surface area is 147 Å². The van der Waals surface area contributed by atoms with E-state index in [0.29, 0.717) is 5.56 Å². The highest BCUT2D eigenvalue weighted by Crippen LogP contribution is 2.46. The summed E-state index contributed by atoms with van der Waals surface area (Å²) in [7, 11) is 2.42. The Hall–Kier alpha value is -2.21. The Morgan fingerprint density at radius 1 is 1.16 bits per heavy atom. The van der Waals surface area contributed by atoms with Crippen molar-refractivity contribution in [2.24, 2.45) is 11.8 Å². The fraction of sp³-hybridized carbons (Fsp3) is 0.526. The van der Waals surface area contributed by atoms with E-state index < -0.39 is 41.1 Å². The first kappa shape index (κ1) is 19.1. The highest BCUT2D eigenvalue weighted by atomic mass is 16.5. The molecular formula is C19H24O6. The molecule has 0 heterocycles. The van der Waals surface area contributed by atoms with E-state index in [0.717, 1.165) is 12.0 Å². The average Bonchev–Trinajstić information content (AvgIpc) is 2.59. The molecule has 4 atom stereocenters. The van der Waals surface area contributed by atoms with Crippen molar-refractivity contribution in [1.29, 1.82) is 0 Å². The maximum absolute atomic E-state index is 12.6. The minimum Gasteiger partial charge on any atom is -0.469 e. The van der Waals surface area contributed by atoms with Crippen LogP contribution in [0, 0.1) is 11.8 Å². The van der Waals surface area contributed by atoms with Gasteiger partial charge in [0.1, 0.15) is 5.92 Å². The molecule has 1 aliphatic carbocycles. The van der Waals surface area contributed by atoms with Crippen LogP contribution in [0.3, 0.4) is 0 Å². The van der Waals surface area contributed by atoms with Crippen LogP contribution in [0.2, 0.25) is 0 Å². The number of hydrogen-bond donors (Lipinski definition) is 1. The third kappa shape index (κ3) is 3.58. The zero-order valence-corrected chi connectivity index (χ0v) is 14.9. The van der Waals surface area contributed by atoms with Crippen LogP contribution >= 0.6 is 0 Å². The molecule has 1 saturated carbocycles. The summed E-state index contributed by atoms with van der Waals surface area (Å²) in [4.78, 5) is 37.2. The number of ether oxygens (including phenoxy) is 2. The van der Waals surface area contributed by atoms with Crippen LogP contribution < -0.4 is 0 Å². The summed E-state index contributed by atoms with van der Waals surface area (Å²) in [5.41, 5.74) is 0.0983. The second-order valence-electron chi connectivity index (χ2n) is 6.62. The first-order valence-corrected chi connectivity index (χ1v) is 8.26. The van der Waals surface area contributed by atoms with E-state index in [1.807, 2.05) is 19.1 Å². The van der Waals surface area contributed by atoms with Crippen LogP contribution in [0.15, 0.2) is 24.3 Å². The number of aryl methyl sites for hydroxylation is 1. The molecule has 0 radical (unpaired) electrons. The normalized spacial score (nSPS) is 29.2. The molecule has 136 valence electrons. The summed E-state index contributed by atoms with van der Waals surface area (Å²) in [5, 5.41) is 10.7. The SMILES string of the molecule is CCc1ccc([C@H]2[C@H](C(=O)OC)C(=O)C[C@@](C)(O)[C@@H]2C(=O)OC)cc1. The van der Waals surface area contributed by atoms with Gasteiger partial charge in [-0.25, -0.2) is 0 Å². The van der Waals surface area contributed by atoms with Gasteiger partial charge in [0.2, 0.25) is 0 Å². The fourth-order valence-corrected chi connectivity index (χ4v) is 3.65. The zero-order valence-electron chi connectivity index (χ0n) is 14.9. The molecule has 0 bridgehead atoms. The number of benzene rings is 1. The molecule has 0 amide bonds. The van der Waals surface area contributed by atoms with Gasteiger partial charge in [-0.2, -0.15) is 0 Å². The Balaban J connectivity index is 2.61. The molecule has 1 aromatic carbocycles. The fourth-order valence-electron chi connectivity index (χ4n) is 3.65. The second kappa shape index (κ2) is 7.35. The maximum atomic E-state index is 12.6. The van der Waals surface area contributed by atoms with E-state index in [4.69, 9.17) is 9.47 Å². The summed E-state index contributed by atoms with van der Waals surface area (Å²) in [6, 6.07) is 7.33. The summed E-state index contributed by atoms with van der Waals surface area (Å²) in [5.74, 6) is -4.85. The molecule has 0 aliphatic heterocycles. The van der Waals surface area contributed by atoms with E-state index in [2.05, 4.69) is 0 Å². The number of esters is 2. The maximum Gasteiger partial charge on any atom is 0.316 e. The van der Waals surface area contributed by atoms with Crippen molar-refractivity contribution < 1.29 is 29.0 Å². The molecule has 1 N–H and O–H groups in total. The van der Waals surface area contributed by atoms with Crippen molar-refractivity contribution in [2.75, 3.05) is 14.2 Å². The predicted octanol–water partition coefficient (Wildman–Crippen LogP) is 1.63. The van der Waals surface area contributed by atoms with Crippen molar-refractivity contribution in [1.82, 2.24) is 0 Å². The molecule has 0 aromatic heterocycles. The molecule has 0 spiro atoms. The molecule has 6 heteroatoms. The van der Waals surface area contributed by atoms with Crippen molar-refractivity contribution in [3.05, 3.63) is 35.4 Å². The van der Waals surface area contributed by atoms with Crippen LogP contribution in [0.25, 0.3) is 0 Å².